The molecule has 1 aliphatic rings. The van der Waals surface area contributed by atoms with Crippen molar-refractivity contribution in [2.75, 3.05) is 6.54 Å². The first-order chi connectivity index (χ1) is 16.7. The summed E-state index contributed by atoms with van der Waals surface area (Å²) in [6.45, 7) is 1.99. The number of hydrogen-bond donors (Lipinski definition) is 8. The van der Waals surface area contributed by atoms with Crippen LogP contribution in [0.25, 0.3) is 0 Å². The molecule has 14 heteroatoms. The Hall–Kier alpha value is -3.78. The first-order valence-electron chi connectivity index (χ1n) is 11.2. The summed E-state index contributed by atoms with van der Waals surface area (Å²) in [4.78, 5) is 63.6. The van der Waals surface area contributed by atoms with E-state index >= 15 is 0 Å². The number of carboxylic acids is 1. The second kappa shape index (κ2) is 12.1. The minimum Gasteiger partial charge on any atom is -0.480 e. The fourth-order valence-electron chi connectivity index (χ4n) is 3.74. The van der Waals surface area contributed by atoms with Crippen LogP contribution in [0, 0.1) is 0 Å². The third kappa shape index (κ3) is 7.35. The van der Waals surface area contributed by atoms with Crippen LogP contribution in [0.2, 0.25) is 0 Å². The fourth-order valence-corrected chi connectivity index (χ4v) is 3.74. The van der Waals surface area contributed by atoms with Crippen LogP contribution < -0.4 is 21.3 Å². The number of imidazole rings is 2. The smallest absolute Gasteiger partial charge is 0.326 e. The molecule has 190 valence electrons. The van der Waals surface area contributed by atoms with Gasteiger partial charge in [0.25, 0.3) is 0 Å². The van der Waals surface area contributed by atoms with Gasteiger partial charge in [0.2, 0.25) is 17.7 Å². The molecule has 3 amide bonds. The summed E-state index contributed by atoms with van der Waals surface area (Å²) in [5.41, 5.74) is 1.06. The highest BCUT2D eigenvalue weighted by Gasteiger charge is 2.33. The van der Waals surface area contributed by atoms with E-state index in [0.29, 0.717) is 24.4 Å². The van der Waals surface area contributed by atoms with Crippen molar-refractivity contribution in [2.24, 2.45) is 0 Å². The fraction of sp³-hybridized carbons (Fsp3) is 0.524. The van der Waals surface area contributed by atoms with Gasteiger partial charge in [-0.1, -0.05) is 0 Å². The molecular weight excluding hydrogens is 460 g/mol. The summed E-state index contributed by atoms with van der Waals surface area (Å²) in [6.07, 6.45) is 5.86. The average Bonchev–Trinajstić information content (AvgIpc) is 3.59. The van der Waals surface area contributed by atoms with Crippen molar-refractivity contribution in [3.8, 4) is 0 Å². The molecule has 2 aromatic heterocycles. The zero-order valence-electron chi connectivity index (χ0n) is 19.2. The predicted molar refractivity (Wildman–Crippen MR) is 121 cm³/mol. The molecule has 1 aliphatic heterocycles. The molecule has 2 aromatic rings. The normalized spacial score (nSPS) is 18.7. The van der Waals surface area contributed by atoms with Crippen LogP contribution in [-0.2, 0) is 32.0 Å². The molecule has 5 unspecified atom stereocenters. The van der Waals surface area contributed by atoms with Gasteiger partial charge in [-0.2, -0.15) is 0 Å². The van der Waals surface area contributed by atoms with Crippen molar-refractivity contribution in [3.05, 3.63) is 36.4 Å². The van der Waals surface area contributed by atoms with Gasteiger partial charge in [-0.15, -0.1) is 0 Å². The Balaban J connectivity index is 1.69. The molecule has 0 aliphatic carbocycles. The van der Waals surface area contributed by atoms with Gasteiger partial charge in [0.1, 0.15) is 18.1 Å². The van der Waals surface area contributed by atoms with Crippen molar-refractivity contribution in [3.63, 3.8) is 0 Å². The lowest BCUT2D eigenvalue weighted by Crippen LogP contribution is -2.60. The SMILES string of the molecule is CC(O)C(NC(=O)C(Cc1cnc[nH]1)NC(=O)C1CCCN1)C(=O)NC(Cc1cnc[nH]1)C(=O)O. The number of H-pyrrole nitrogens is 2. The van der Waals surface area contributed by atoms with Gasteiger partial charge >= 0.3 is 5.97 Å². The molecule has 8 N–H and O–H groups in total. The number of amides is 3. The molecule has 0 bridgehead atoms. The number of rotatable bonds is 12. The van der Waals surface area contributed by atoms with Crippen molar-refractivity contribution >= 4 is 23.7 Å². The van der Waals surface area contributed by atoms with E-state index < -0.39 is 48.1 Å². The molecule has 1 fully saturated rings. The van der Waals surface area contributed by atoms with Gasteiger partial charge in [0.05, 0.1) is 24.8 Å². The minimum atomic E-state index is -1.46. The van der Waals surface area contributed by atoms with Crippen LogP contribution >= 0.6 is 0 Å². The highest BCUT2D eigenvalue weighted by atomic mass is 16.4. The maximum atomic E-state index is 13.1. The van der Waals surface area contributed by atoms with Gasteiger partial charge < -0.3 is 41.4 Å². The average molecular weight is 491 g/mol. The predicted octanol–water partition coefficient (Wildman–Crippen LogP) is -2.41. The van der Waals surface area contributed by atoms with E-state index in [-0.39, 0.29) is 18.7 Å². The maximum Gasteiger partial charge on any atom is 0.326 e. The monoisotopic (exact) mass is 490 g/mol. The van der Waals surface area contributed by atoms with Gasteiger partial charge in [-0.25, -0.2) is 14.8 Å². The van der Waals surface area contributed by atoms with E-state index in [1.165, 1.54) is 32.0 Å². The van der Waals surface area contributed by atoms with Crippen LogP contribution in [-0.4, -0.2) is 90.7 Å². The summed E-state index contributed by atoms with van der Waals surface area (Å²) < 4.78 is 0. The Morgan fingerprint density at radius 1 is 1.00 bits per heavy atom. The van der Waals surface area contributed by atoms with Gasteiger partial charge in [0, 0.05) is 36.6 Å². The van der Waals surface area contributed by atoms with E-state index in [0.717, 1.165) is 6.42 Å². The van der Waals surface area contributed by atoms with Gasteiger partial charge in [0.15, 0.2) is 0 Å². The molecule has 3 heterocycles. The van der Waals surface area contributed by atoms with Crippen molar-refractivity contribution in [1.29, 1.82) is 0 Å². The molecule has 1 saturated heterocycles. The third-order valence-corrected chi connectivity index (χ3v) is 5.64. The number of nitrogens with zero attached hydrogens (tertiary/aromatic N) is 2. The molecule has 0 spiro atoms. The Bertz CT molecular complexity index is 988. The molecule has 0 radical (unpaired) electrons. The number of nitrogens with one attached hydrogen (secondary N) is 6. The molecular formula is C21H30N8O6. The number of hydrogen-bond acceptors (Lipinski definition) is 8. The van der Waals surface area contributed by atoms with E-state index in [2.05, 4.69) is 41.2 Å². The minimum absolute atomic E-state index is 0.0655. The number of carbonyl (C=O) groups excluding carboxylic acids is 3. The standard InChI is InChI=1S/C21H30N8O6/c1-11(30)17(20(33)28-16(21(34)35)6-13-8-23-10-26-13)29-19(32)15(5-12-7-22-9-25-12)27-18(31)14-3-2-4-24-14/h7-11,14-17,24,30H,2-6H2,1H3,(H,22,25)(H,23,26)(H,27,31)(H,28,33)(H,29,32)(H,34,35). The second-order valence-electron chi connectivity index (χ2n) is 8.40. The van der Waals surface area contributed by atoms with Crippen LogP contribution in [0.1, 0.15) is 31.2 Å². The molecule has 5 atom stereocenters. The number of aliphatic hydroxyl groups excluding tert-OH is 1. The first kappa shape index (κ1) is 25.8. The Morgan fingerprint density at radius 3 is 2.11 bits per heavy atom. The molecule has 3 rings (SSSR count). The summed E-state index contributed by atoms with van der Waals surface area (Å²) in [7, 11) is 0. The van der Waals surface area contributed by atoms with E-state index in [1.54, 1.807) is 0 Å². The van der Waals surface area contributed by atoms with Crippen molar-refractivity contribution in [1.82, 2.24) is 41.2 Å². The lowest BCUT2D eigenvalue weighted by Gasteiger charge is -2.26. The van der Waals surface area contributed by atoms with E-state index in [4.69, 9.17) is 0 Å². The summed E-state index contributed by atoms with van der Waals surface area (Å²) >= 11 is 0. The van der Waals surface area contributed by atoms with Gasteiger partial charge in [-0.3, -0.25) is 14.4 Å². The quantitative estimate of drug-likeness (QED) is 0.159. The lowest BCUT2D eigenvalue weighted by atomic mass is 10.1. The first-order valence-corrected chi connectivity index (χ1v) is 11.2. The molecule has 35 heavy (non-hydrogen) atoms. The van der Waals surface area contributed by atoms with Crippen molar-refractivity contribution in [2.45, 2.75) is 62.9 Å². The van der Waals surface area contributed by atoms with Crippen LogP contribution in [0.3, 0.4) is 0 Å². The van der Waals surface area contributed by atoms with E-state index in [9.17, 15) is 29.4 Å². The van der Waals surface area contributed by atoms with Crippen molar-refractivity contribution < 1.29 is 29.4 Å². The topological polar surface area (TPSA) is 214 Å². The number of carbonyl (C=O) groups is 4. The van der Waals surface area contributed by atoms with Crippen LogP contribution in [0.15, 0.2) is 25.0 Å². The largest absolute Gasteiger partial charge is 0.480 e. The van der Waals surface area contributed by atoms with Crippen LogP contribution in [0.4, 0.5) is 0 Å². The molecule has 0 aromatic carbocycles. The number of aromatic amines is 2. The molecule has 14 nitrogen and oxygen atoms in total. The van der Waals surface area contributed by atoms with Gasteiger partial charge in [-0.05, 0) is 26.3 Å². The summed E-state index contributed by atoms with van der Waals surface area (Å²) in [5.74, 6) is -3.25. The Labute approximate surface area is 200 Å². The third-order valence-electron chi connectivity index (χ3n) is 5.64. The molecule has 0 saturated carbocycles. The number of aliphatic hydroxyl groups is 1. The number of carboxylic acid groups (broad SMARTS) is 1. The summed E-state index contributed by atoms with van der Waals surface area (Å²) in [5, 5.41) is 30.2. The summed E-state index contributed by atoms with van der Waals surface area (Å²) in [6, 6.07) is -4.28. The Kier molecular flexibility index (Phi) is 8.92. The lowest BCUT2D eigenvalue weighted by molar-refractivity contribution is -0.143. The highest BCUT2D eigenvalue weighted by molar-refractivity contribution is 5.94. The maximum absolute atomic E-state index is 13.1. The zero-order valence-corrected chi connectivity index (χ0v) is 19.2. The van der Waals surface area contributed by atoms with E-state index in [1.807, 2.05) is 0 Å². The highest BCUT2D eigenvalue weighted by Crippen LogP contribution is 2.08. The number of aromatic nitrogens is 4. The van der Waals surface area contributed by atoms with Crippen LogP contribution in [0.5, 0.6) is 0 Å². The number of aliphatic carboxylic acids is 1. The Morgan fingerprint density at radius 2 is 1.63 bits per heavy atom. The second-order valence-corrected chi connectivity index (χ2v) is 8.40. The zero-order chi connectivity index (χ0) is 25.4.